The molecule has 162 valence electrons. The van der Waals surface area contributed by atoms with Crippen LogP contribution in [-0.2, 0) is 4.79 Å². The number of rotatable bonds is 5. The van der Waals surface area contributed by atoms with Crippen molar-refractivity contribution in [1.29, 1.82) is 5.26 Å². The molecule has 2 amide bonds. The molecule has 6 nitrogen and oxygen atoms in total. The molecule has 1 unspecified atom stereocenters. The summed E-state index contributed by atoms with van der Waals surface area (Å²) in [5, 5.41) is 12.6. The average molecular weight is 430 g/mol. The summed E-state index contributed by atoms with van der Waals surface area (Å²) in [6.45, 7) is 0. The van der Waals surface area contributed by atoms with Gasteiger partial charge in [-0.2, -0.15) is 18.4 Å². The van der Waals surface area contributed by atoms with Crippen LogP contribution in [0.4, 0.5) is 13.2 Å². The quantitative estimate of drug-likeness (QED) is 0.751. The van der Waals surface area contributed by atoms with E-state index in [1.165, 1.54) is 13.1 Å². The summed E-state index contributed by atoms with van der Waals surface area (Å²) in [6.07, 6.45) is -2.76. The van der Waals surface area contributed by atoms with Gasteiger partial charge in [-0.25, -0.2) is 4.98 Å². The third kappa shape index (κ3) is 4.68. The lowest BCUT2D eigenvalue weighted by Gasteiger charge is -2.24. The number of allylic oxidation sites excluding steroid dienone is 2. The number of primary amides is 1. The summed E-state index contributed by atoms with van der Waals surface area (Å²) >= 11 is 0. The molecule has 1 aliphatic carbocycles. The van der Waals surface area contributed by atoms with Gasteiger partial charge in [0.15, 0.2) is 0 Å². The summed E-state index contributed by atoms with van der Waals surface area (Å²) < 4.78 is 39.0. The highest BCUT2D eigenvalue weighted by atomic mass is 19.4. The van der Waals surface area contributed by atoms with Crippen LogP contribution in [-0.4, -0.2) is 30.0 Å². The van der Waals surface area contributed by atoms with Gasteiger partial charge in [-0.1, -0.05) is 24.3 Å². The van der Waals surface area contributed by atoms with E-state index in [2.05, 4.69) is 10.3 Å². The molecule has 0 radical (unpaired) electrons. The van der Waals surface area contributed by atoms with Crippen molar-refractivity contribution < 1.29 is 22.8 Å². The molecule has 0 bridgehead atoms. The molecule has 3 N–H and O–H groups in total. The van der Waals surface area contributed by atoms with Crippen LogP contribution in [0, 0.1) is 17.2 Å². The van der Waals surface area contributed by atoms with E-state index in [1.807, 2.05) is 6.07 Å². The van der Waals surface area contributed by atoms with Gasteiger partial charge in [0.25, 0.3) is 5.91 Å². The SMILES string of the molecule is CNC(=O)C[C@@H](C#N)c1nc2c(C3=CCC(C(F)(F)F)CC3)cccc2cc1C(N)=O. The number of alkyl halides is 3. The summed E-state index contributed by atoms with van der Waals surface area (Å²) in [6, 6.07) is 8.70. The van der Waals surface area contributed by atoms with Gasteiger partial charge in [-0.05, 0) is 30.9 Å². The van der Waals surface area contributed by atoms with Crippen LogP contribution >= 0.6 is 0 Å². The molecule has 0 spiro atoms. The van der Waals surface area contributed by atoms with Crippen molar-refractivity contribution in [3.8, 4) is 6.07 Å². The minimum Gasteiger partial charge on any atom is -0.366 e. The van der Waals surface area contributed by atoms with E-state index in [1.54, 1.807) is 24.3 Å². The summed E-state index contributed by atoms with van der Waals surface area (Å²) in [4.78, 5) is 28.4. The van der Waals surface area contributed by atoms with Gasteiger partial charge in [-0.3, -0.25) is 9.59 Å². The number of carbonyl (C=O) groups excluding carboxylic acids is 2. The average Bonchev–Trinajstić information content (AvgIpc) is 2.75. The Morgan fingerprint density at radius 2 is 2.13 bits per heavy atom. The van der Waals surface area contributed by atoms with E-state index in [4.69, 9.17) is 5.73 Å². The van der Waals surface area contributed by atoms with Crippen molar-refractivity contribution in [2.24, 2.45) is 11.7 Å². The van der Waals surface area contributed by atoms with Crippen LogP contribution in [0.25, 0.3) is 16.5 Å². The lowest BCUT2D eigenvalue weighted by atomic mass is 9.85. The van der Waals surface area contributed by atoms with E-state index < -0.39 is 29.8 Å². The van der Waals surface area contributed by atoms with Crippen LogP contribution in [0.1, 0.15) is 53.2 Å². The number of amides is 2. The summed E-state index contributed by atoms with van der Waals surface area (Å²) in [5.41, 5.74) is 7.45. The van der Waals surface area contributed by atoms with Gasteiger partial charge in [0.1, 0.15) is 0 Å². The monoisotopic (exact) mass is 430 g/mol. The Kier molecular flexibility index (Phi) is 6.29. The molecule has 1 heterocycles. The first kappa shape index (κ1) is 22.3. The molecule has 0 aliphatic heterocycles. The van der Waals surface area contributed by atoms with Crippen molar-refractivity contribution in [2.75, 3.05) is 7.05 Å². The zero-order valence-electron chi connectivity index (χ0n) is 16.8. The maximum absolute atomic E-state index is 13.0. The zero-order valence-corrected chi connectivity index (χ0v) is 16.8. The van der Waals surface area contributed by atoms with Crippen molar-refractivity contribution in [1.82, 2.24) is 10.3 Å². The first-order valence-electron chi connectivity index (χ1n) is 9.75. The normalized spacial score (nSPS) is 17.5. The van der Waals surface area contributed by atoms with Gasteiger partial charge >= 0.3 is 6.18 Å². The predicted octanol–water partition coefficient (Wildman–Crippen LogP) is 3.82. The molecular formula is C22H21F3N4O2. The zero-order chi connectivity index (χ0) is 22.8. The molecule has 0 fully saturated rings. The molecule has 0 saturated carbocycles. The maximum Gasteiger partial charge on any atom is 0.392 e. The predicted molar refractivity (Wildman–Crippen MR) is 109 cm³/mol. The number of halogens is 3. The van der Waals surface area contributed by atoms with Crippen LogP contribution in [0.2, 0.25) is 0 Å². The molecule has 9 heteroatoms. The lowest BCUT2D eigenvalue weighted by Crippen LogP contribution is -2.24. The van der Waals surface area contributed by atoms with Crippen molar-refractivity contribution in [3.05, 3.63) is 47.2 Å². The van der Waals surface area contributed by atoms with Crippen LogP contribution in [0.15, 0.2) is 30.3 Å². The number of nitrogens with one attached hydrogen (secondary N) is 1. The number of hydrogen-bond donors (Lipinski definition) is 2. The fourth-order valence-electron chi connectivity index (χ4n) is 3.80. The van der Waals surface area contributed by atoms with E-state index >= 15 is 0 Å². The number of pyridine rings is 1. The number of nitriles is 1. The molecule has 1 aromatic heterocycles. The Balaban J connectivity index is 2.12. The Morgan fingerprint density at radius 3 is 2.68 bits per heavy atom. The molecule has 2 aromatic rings. The van der Waals surface area contributed by atoms with E-state index in [9.17, 15) is 28.0 Å². The third-order valence-corrected chi connectivity index (χ3v) is 5.51. The van der Waals surface area contributed by atoms with Crippen LogP contribution in [0.3, 0.4) is 0 Å². The molecule has 31 heavy (non-hydrogen) atoms. The van der Waals surface area contributed by atoms with Crippen molar-refractivity contribution in [3.63, 3.8) is 0 Å². The number of nitrogens with two attached hydrogens (primary N) is 1. The minimum absolute atomic E-state index is 0.0184. The number of carbonyl (C=O) groups is 2. The van der Waals surface area contributed by atoms with Crippen LogP contribution < -0.4 is 11.1 Å². The molecular weight excluding hydrogens is 409 g/mol. The fourth-order valence-corrected chi connectivity index (χ4v) is 3.80. The summed E-state index contributed by atoms with van der Waals surface area (Å²) in [7, 11) is 1.43. The van der Waals surface area contributed by atoms with Gasteiger partial charge in [0, 0.05) is 24.4 Å². The second-order valence-electron chi connectivity index (χ2n) is 7.46. The number of hydrogen-bond acceptors (Lipinski definition) is 4. The first-order chi connectivity index (χ1) is 14.7. The second-order valence-corrected chi connectivity index (χ2v) is 7.46. The molecule has 1 aromatic carbocycles. The topological polar surface area (TPSA) is 109 Å². The Morgan fingerprint density at radius 1 is 1.39 bits per heavy atom. The molecule has 1 aliphatic rings. The Bertz CT molecular complexity index is 1100. The molecule has 3 rings (SSSR count). The number of para-hydroxylation sites is 1. The largest absolute Gasteiger partial charge is 0.392 e. The molecule has 2 atom stereocenters. The van der Waals surface area contributed by atoms with Crippen molar-refractivity contribution in [2.45, 2.75) is 37.8 Å². The fraction of sp³-hybridized carbons (Fsp3) is 0.364. The highest BCUT2D eigenvalue weighted by molar-refractivity contribution is 6.00. The van der Waals surface area contributed by atoms with Gasteiger partial charge in [0.05, 0.1) is 34.7 Å². The first-order valence-corrected chi connectivity index (χ1v) is 9.75. The van der Waals surface area contributed by atoms with Gasteiger partial charge in [0.2, 0.25) is 5.91 Å². The minimum atomic E-state index is -4.23. The van der Waals surface area contributed by atoms with E-state index in [-0.39, 0.29) is 36.9 Å². The van der Waals surface area contributed by atoms with Gasteiger partial charge in [-0.15, -0.1) is 0 Å². The summed E-state index contributed by atoms with van der Waals surface area (Å²) in [5.74, 6) is -3.55. The lowest BCUT2D eigenvalue weighted by molar-refractivity contribution is -0.175. The number of fused-ring (bicyclic) bond motifs is 1. The van der Waals surface area contributed by atoms with Crippen molar-refractivity contribution >= 4 is 28.3 Å². The Labute approximate surface area is 176 Å². The Hall–Kier alpha value is -3.41. The van der Waals surface area contributed by atoms with Gasteiger partial charge < -0.3 is 11.1 Å². The highest BCUT2D eigenvalue weighted by Crippen LogP contribution is 2.40. The number of nitrogens with zero attached hydrogens (tertiary/aromatic N) is 2. The number of aromatic nitrogens is 1. The second kappa shape index (κ2) is 8.76. The number of benzene rings is 1. The third-order valence-electron chi connectivity index (χ3n) is 5.51. The van der Waals surface area contributed by atoms with E-state index in [0.29, 0.717) is 16.5 Å². The maximum atomic E-state index is 13.0. The highest BCUT2D eigenvalue weighted by Gasteiger charge is 2.39. The van der Waals surface area contributed by atoms with E-state index in [0.717, 1.165) is 5.57 Å². The van der Waals surface area contributed by atoms with Crippen LogP contribution in [0.5, 0.6) is 0 Å². The molecule has 0 saturated heterocycles. The standard InChI is InChI=1S/C22H21F3N4O2/c1-28-18(30)10-14(11-26)20-17(21(27)31)9-13-3-2-4-16(19(13)29-20)12-5-7-15(8-6-12)22(23,24)25/h2-5,9,14-15H,6-8,10H2,1H3,(H2,27,31)(H,28,30)/t14-,15?/m0/s1. The smallest absolute Gasteiger partial charge is 0.366 e.